The molecule has 0 atom stereocenters. The van der Waals surface area contributed by atoms with Gasteiger partial charge in [0.15, 0.2) is 11.5 Å². The second-order valence-corrected chi connectivity index (χ2v) is 9.03. The summed E-state index contributed by atoms with van der Waals surface area (Å²) >= 11 is 7.98. The summed E-state index contributed by atoms with van der Waals surface area (Å²) in [5, 5.41) is 12.3. The molecule has 8 nitrogen and oxygen atoms in total. The fraction of sp³-hybridized carbons (Fsp3) is 0.0800. The van der Waals surface area contributed by atoms with E-state index in [1.165, 1.54) is 13.2 Å². The average molecular weight is 605 g/mol. The lowest BCUT2D eigenvalue weighted by atomic mass is 10.1. The molecule has 178 valence electrons. The molecular formula is C25H18ClIN2O6. The Kier molecular flexibility index (Phi) is 7.27. The molecule has 1 fully saturated rings. The third kappa shape index (κ3) is 5.41. The molecule has 10 heteroatoms. The number of nitrogens with zero attached hydrogens (tertiary/aromatic N) is 1. The van der Waals surface area contributed by atoms with Crippen molar-refractivity contribution in [1.82, 2.24) is 5.32 Å². The van der Waals surface area contributed by atoms with Crippen LogP contribution in [0, 0.1) is 3.57 Å². The van der Waals surface area contributed by atoms with Gasteiger partial charge in [0.2, 0.25) is 0 Å². The number of anilines is 1. The number of urea groups is 1. The van der Waals surface area contributed by atoms with Crippen molar-refractivity contribution in [3.8, 4) is 11.5 Å². The Balaban J connectivity index is 1.56. The van der Waals surface area contributed by atoms with Crippen LogP contribution in [-0.2, 0) is 11.4 Å². The molecular weight excluding hydrogens is 587 g/mol. The van der Waals surface area contributed by atoms with Crippen LogP contribution in [0.3, 0.4) is 0 Å². The third-order valence-electron chi connectivity index (χ3n) is 5.08. The molecule has 0 saturated carbocycles. The van der Waals surface area contributed by atoms with Crippen molar-refractivity contribution in [1.29, 1.82) is 0 Å². The van der Waals surface area contributed by atoms with E-state index >= 15 is 0 Å². The van der Waals surface area contributed by atoms with Crippen molar-refractivity contribution in [2.45, 2.75) is 6.61 Å². The number of imide groups is 1. The fourth-order valence-corrected chi connectivity index (χ4v) is 4.35. The normalized spacial score (nSPS) is 14.3. The highest BCUT2D eigenvalue weighted by Crippen LogP contribution is 2.35. The largest absolute Gasteiger partial charge is 0.493 e. The van der Waals surface area contributed by atoms with Gasteiger partial charge in [-0.3, -0.25) is 4.79 Å². The number of hydrogen-bond acceptors (Lipinski definition) is 5. The zero-order chi connectivity index (χ0) is 25.1. The lowest BCUT2D eigenvalue weighted by Crippen LogP contribution is -2.30. The van der Waals surface area contributed by atoms with Gasteiger partial charge in [0.05, 0.1) is 21.9 Å². The Hall–Kier alpha value is -3.57. The lowest BCUT2D eigenvalue weighted by Gasteiger charge is -2.14. The van der Waals surface area contributed by atoms with Crippen molar-refractivity contribution in [2.75, 3.05) is 12.0 Å². The zero-order valence-electron chi connectivity index (χ0n) is 18.2. The van der Waals surface area contributed by atoms with E-state index in [1.54, 1.807) is 60.7 Å². The van der Waals surface area contributed by atoms with E-state index in [0.717, 1.165) is 4.90 Å². The molecule has 1 aliphatic heterocycles. The Morgan fingerprint density at radius 3 is 2.57 bits per heavy atom. The lowest BCUT2D eigenvalue weighted by molar-refractivity contribution is -0.113. The minimum atomic E-state index is -1.01. The van der Waals surface area contributed by atoms with E-state index in [2.05, 4.69) is 27.9 Å². The summed E-state index contributed by atoms with van der Waals surface area (Å²) in [4.78, 5) is 37.6. The number of nitrogens with one attached hydrogen (secondary N) is 1. The summed E-state index contributed by atoms with van der Waals surface area (Å²) in [6.45, 7) is 0.137. The van der Waals surface area contributed by atoms with E-state index < -0.39 is 17.9 Å². The number of aromatic carboxylic acids is 1. The highest BCUT2D eigenvalue weighted by Gasteiger charge is 2.34. The highest BCUT2D eigenvalue weighted by atomic mass is 127. The molecule has 4 rings (SSSR count). The summed E-state index contributed by atoms with van der Waals surface area (Å²) in [6.07, 6.45) is 1.56. The maximum absolute atomic E-state index is 12.9. The molecule has 1 saturated heterocycles. The number of carbonyl (C=O) groups excluding carboxylic acids is 2. The van der Waals surface area contributed by atoms with Gasteiger partial charge < -0.3 is 19.9 Å². The van der Waals surface area contributed by atoms with Gasteiger partial charge in [-0.25, -0.2) is 14.5 Å². The van der Waals surface area contributed by atoms with E-state index in [9.17, 15) is 14.4 Å². The molecule has 0 aliphatic carbocycles. The maximum Gasteiger partial charge on any atom is 0.335 e. The van der Waals surface area contributed by atoms with Crippen molar-refractivity contribution >= 4 is 63.9 Å². The standard InChI is InChI=1S/C25H18ClIN2O6/c1-34-21-12-15(10-19(27)22(21)35-13-14-3-2-4-16(9-14)24(31)32)11-20-23(30)29(25(33)28-20)18-7-5-17(26)6-8-18/h2-12H,13H2,1H3,(H,28,33)(H,31,32)/b20-11+. The molecule has 0 aromatic heterocycles. The van der Waals surface area contributed by atoms with Crippen LogP contribution in [0.4, 0.5) is 10.5 Å². The number of halogens is 2. The quantitative estimate of drug-likeness (QED) is 0.215. The zero-order valence-corrected chi connectivity index (χ0v) is 21.2. The van der Waals surface area contributed by atoms with Crippen LogP contribution in [0.1, 0.15) is 21.5 Å². The predicted molar refractivity (Wildman–Crippen MR) is 139 cm³/mol. The van der Waals surface area contributed by atoms with Crippen LogP contribution < -0.4 is 19.7 Å². The molecule has 0 radical (unpaired) electrons. The van der Waals surface area contributed by atoms with Crippen LogP contribution in [0.15, 0.2) is 66.4 Å². The summed E-state index contributed by atoms with van der Waals surface area (Å²) in [7, 11) is 1.49. The third-order valence-corrected chi connectivity index (χ3v) is 6.14. The highest BCUT2D eigenvalue weighted by molar-refractivity contribution is 14.1. The number of carboxylic acid groups (broad SMARTS) is 1. The minimum Gasteiger partial charge on any atom is -0.493 e. The maximum atomic E-state index is 12.9. The molecule has 35 heavy (non-hydrogen) atoms. The first-order valence-corrected chi connectivity index (χ1v) is 11.7. The summed E-state index contributed by atoms with van der Waals surface area (Å²) in [5.41, 5.74) is 2.00. The number of benzene rings is 3. The van der Waals surface area contributed by atoms with Gasteiger partial charge in [-0.15, -0.1) is 0 Å². The number of hydrogen-bond donors (Lipinski definition) is 2. The van der Waals surface area contributed by atoms with Crippen molar-refractivity contribution < 1.29 is 29.0 Å². The second kappa shape index (κ2) is 10.4. The van der Waals surface area contributed by atoms with Gasteiger partial charge in [0, 0.05) is 5.02 Å². The first-order chi connectivity index (χ1) is 16.8. The summed E-state index contributed by atoms with van der Waals surface area (Å²) in [6, 6.07) is 15.8. The smallest absolute Gasteiger partial charge is 0.335 e. The molecule has 0 spiro atoms. The molecule has 2 N–H and O–H groups in total. The Morgan fingerprint density at radius 2 is 1.89 bits per heavy atom. The van der Waals surface area contributed by atoms with Gasteiger partial charge in [0.25, 0.3) is 5.91 Å². The van der Waals surface area contributed by atoms with Crippen molar-refractivity contribution in [3.05, 3.63) is 91.6 Å². The number of carbonyl (C=O) groups is 3. The average Bonchev–Trinajstić information content (AvgIpc) is 3.11. The van der Waals surface area contributed by atoms with E-state index in [4.69, 9.17) is 26.2 Å². The van der Waals surface area contributed by atoms with E-state index in [1.807, 2.05) is 0 Å². The Bertz CT molecular complexity index is 1360. The molecule has 3 aromatic rings. The van der Waals surface area contributed by atoms with Gasteiger partial charge in [-0.1, -0.05) is 23.7 Å². The Morgan fingerprint density at radius 1 is 1.14 bits per heavy atom. The Labute approximate surface area is 219 Å². The summed E-state index contributed by atoms with van der Waals surface area (Å²) < 4.78 is 12.1. The van der Waals surface area contributed by atoms with E-state index in [-0.39, 0.29) is 17.9 Å². The number of amides is 3. The van der Waals surface area contributed by atoms with Gasteiger partial charge in [0.1, 0.15) is 12.3 Å². The first-order valence-electron chi connectivity index (χ1n) is 10.2. The van der Waals surface area contributed by atoms with Crippen LogP contribution in [0.5, 0.6) is 11.5 Å². The molecule has 0 bridgehead atoms. The molecule has 3 aromatic carbocycles. The van der Waals surface area contributed by atoms with E-state index in [0.29, 0.717) is 36.9 Å². The number of carboxylic acids is 1. The number of ether oxygens (including phenoxy) is 2. The predicted octanol–water partition coefficient (Wildman–Crippen LogP) is 5.33. The SMILES string of the molecule is COc1cc(/C=C2/NC(=O)N(c3ccc(Cl)cc3)C2=O)cc(I)c1OCc1cccc(C(=O)O)c1. The van der Waals surface area contributed by atoms with Crippen LogP contribution >= 0.6 is 34.2 Å². The fourth-order valence-electron chi connectivity index (χ4n) is 3.44. The van der Waals surface area contributed by atoms with Gasteiger partial charge >= 0.3 is 12.0 Å². The van der Waals surface area contributed by atoms with Gasteiger partial charge in [-0.2, -0.15) is 0 Å². The van der Waals surface area contributed by atoms with Crippen LogP contribution in [-0.4, -0.2) is 30.1 Å². The van der Waals surface area contributed by atoms with Crippen LogP contribution in [0.2, 0.25) is 5.02 Å². The van der Waals surface area contributed by atoms with Crippen molar-refractivity contribution in [2.24, 2.45) is 0 Å². The summed E-state index contributed by atoms with van der Waals surface area (Å²) in [5.74, 6) is -0.616. The first kappa shape index (κ1) is 24.6. The molecule has 0 unspecified atom stereocenters. The number of methoxy groups -OCH3 is 1. The minimum absolute atomic E-state index is 0.113. The second-order valence-electron chi connectivity index (χ2n) is 7.43. The monoisotopic (exact) mass is 604 g/mol. The molecule has 3 amide bonds. The number of rotatable bonds is 7. The molecule has 1 heterocycles. The van der Waals surface area contributed by atoms with Gasteiger partial charge in [-0.05, 0) is 88.3 Å². The van der Waals surface area contributed by atoms with Crippen molar-refractivity contribution in [3.63, 3.8) is 0 Å². The molecule has 1 aliphatic rings. The topological polar surface area (TPSA) is 105 Å². The van der Waals surface area contributed by atoms with Crippen LogP contribution in [0.25, 0.3) is 6.08 Å².